The van der Waals surface area contributed by atoms with E-state index in [9.17, 15) is 4.79 Å². The van der Waals surface area contributed by atoms with Crippen molar-refractivity contribution in [1.29, 1.82) is 0 Å². The molecule has 0 aromatic rings. The number of nitrogens with two attached hydrogens (primary N) is 1. The summed E-state index contributed by atoms with van der Waals surface area (Å²) in [6, 6.07) is 0.607. The van der Waals surface area contributed by atoms with Crippen LogP contribution in [0.1, 0.15) is 65.7 Å². The molecule has 1 amide bonds. The van der Waals surface area contributed by atoms with Crippen LogP contribution in [0.25, 0.3) is 0 Å². The number of rotatable bonds is 3. The van der Waals surface area contributed by atoms with Gasteiger partial charge in [-0.05, 0) is 49.9 Å². The second-order valence-corrected chi connectivity index (χ2v) is 7.56. The van der Waals surface area contributed by atoms with Gasteiger partial charge in [-0.15, -0.1) is 0 Å². The fourth-order valence-electron chi connectivity index (χ4n) is 4.13. The first-order valence-electron chi connectivity index (χ1n) is 8.53. The maximum Gasteiger partial charge on any atom is 0.223 e. The average Bonchev–Trinajstić information content (AvgIpc) is 2.38. The Labute approximate surface area is 124 Å². The molecule has 5 atom stereocenters. The molecular formula is C17H32N2O. The van der Waals surface area contributed by atoms with Crippen LogP contribution < -0.4 is 11.1 Å². The van der Waals surface area contributed by atoms with Crippen molar-refractivity contribution in [3.05, 3.63) is 0 Å². The van der Waals surface area contributed by atoms with E-state index in [1.165, 1.54) is 12.8 Å². The molecule has 0 aromatic carbocycles. The summed E-state index contributed by atoms with van der Waals surface area (Å²) in [5, 5.41) is 3.38. The first-order valence-corrected chi connectivity index (χ1v) is 8.53. The van der Waals surface area contributed by atoms with Gasteiger partial charge in [-0.1, -0.05) is 33.6 Å². The van der Waals surface area contributed by atoms with Gasteiger partial charge in [0.15, 0.2) is 0 Å². The van der Waals surface area contributed by atoms with Gasteiger partial charge in [0.1, 0.15) is 0 Å². The number of hydrogen-bond acceptors (Lipinski definition) is 2. The highest BCUT2D eigenvalue weighted by Crippen LogP contribution is 2.34. The third kappa shape index (κ3) is 3.97. The molecule has 2 rings (SSSR count). The van der Waals surface area contributed by atoms with E-state index < -0.39 is 0 Å². The van der Waals surface area contributed by atoms with E-state index in [1.807, 2.05) is 0 Å². The summed E-state index contributed by atoms with van der Waals surface area (Å²) in [6.07, 6.45) is 7.80. The molecule has 0 aromatic heterocycles. The van der Waals surface area contributed by atoms with Crippen molar-refractivity contribution >= 4 is 5.91 Å². The third-order valence-electron chi connectivity index (χ3n) is 5.44. The van der Waals surface area contributed by atoms with Crippen LogP contribution in [0.3, 0.4) is 0 Å². The molecule has 2 saturated carbocycles. The fourth-order valence-corrected chi connectivity index (χ4v) is 4.13. The zero-order chi connectivity index (χ0) is 14.7. The minimum Gasteiger partial charge on any atom is -0.353 e. The van der Waals surface area contributed by atoms with Gasteiger partial charge < -0.3 is 11.1 Å². The van der Waals surface area contributed by atoms with Crippen LogP contribution in [-0.2, 0) is 4.79 Å². The molecule has 3 heteroatoms. The maximum absolute atomic E-state index is 12.5. The van der Waals surface area contributed by atoms with Crippen LogP contribution in [0.5, 0.6) is 0 Å². The molecule has 2 aliphatic carbocycles. The minimum absolute atomic E-state index is 0.156. The van der Waals surface area contributed by atoms with Gasteiger partial charge in [0.25, 0.3) is 0 Å². The van der Waals surface area contributed by atoms with Crippen LogP contribution in [0.4, 0.5) is 0 Å². The van der Waals surface area contributed by atoms with Crippen LogP contribution >= 0.6 is 0 Å². The van der Waals surface area contributed by atoms with Crippen molar-refractivity contribution in [2.24, 2.45) is 29.4 Å². The Bertz CT molecular complexity index is 329. The van der Waals surface area contributed by atoms with Gasteiger partial charge in [-0.25, -0.2) is 0 Å². The molecule has 2 fully saturated rings. The molecule has 3 nitrogen and oxygen atoms in total. The largest absolute Gasteiger partial charge is 0.353 e. The predicted octanol–water partition coefficient (Wildman–Crippen LogP) is 3.08. The minimum atomic E-state index is 0.156. The highest BCUT2D eigenvalue weighted by Gasteiger charge is 2.34. The van der Waals surface area contributed by atoms with E-state index >= 15 is 0 Å². The molecule has 0 heterocycles. The lowest BCUT2D eigenvalue weighted by Gasteiger charge is -2.39. The van der Waals surface area contributed by atoms with E-state index in [0.717, 1.165) is 38.0 Å². The molecule has 0 aliphatic heterocycles. The maximum atomic E-state index is 12.5. The lowest BCUT2D eigenvalue weighted by molar-refractivity contribution is -0.127. The lowest BCUT2D eigenvalue weighted by atomic mass is 9.73. The monoisotopic (exact) mass is 280 g/mol. The number of carbonyl (C=O) groups is 1. The van der Waals surface area contributed by atoms with Crippen LogP contribution in [-0.4, -0.2) is 18.0 Å². The van der Waals surface area contributed by atoms with Crippen LogP contribution in [0.15, 0.2) is 0 Å². The normalized spacial score (nSPS) is 38.8. The molecular weight excluding hydrogens is 248 g/mol. The summed E-state index contributed by atoms with van der Waals surface area (Å²) in [6.45, 7) is 6.89. The number of nitrogens with one attached hydrogen (secondary N) is 1. The van der Waals surface area contributed by atoms with Crippen molar-refractivity contribution in [1.82, 2.24) is 5.32 Å². The molecule has 116 valence electrons. The van der Waals surface area contributed by atoms with Gasteiger partial charge in [-0.2, -0.15) is 0 Å². The molecule has 0 radical (unpaired) electrons. The van der Waals surface area contributed by atoms with Gasteiger partial charge >= 0.3 is 0 Å². The zero-order valence-electron chi connectivity index (χ0n) is 13.4. The first-order chi connectivity index (χ1) is 9.47. The smallest absolute Gasteiger partial charge is 0.223 e. The molecule has 0 bridgehead atoms. The van der Waals surface area contributed by atoms with E-state index in [-0.39, 0.29) is 17.9 Å². The number of hydrogen-bond donors (Lipinski definition) is 2. The zero-order valence-corrected chi connectivity index (χ0v) is 13.4. The second kappa shape index (κ2) is 6.93. The average molecular weight is 280 g/mol. The Morgan fingerprint density at radius 3 is 2.55 bits per heavy atom. The fraction of sp³-hybridized carbons (Fsp3) is 0.941. The van der Waals surface area contributed by atoms with Gasteiger partial charge in [0.05, 0.1) is 0 Å². The summed E-state index contributed by atoms with van der Waals surface area (Å²) in [5.74, 6) is 2.46. The highest BCUT2D eigenvalue weighted by atomic mass is 16.1. The van der Waals surface area contributed by atoms with Crippen molar-refractivity contribution in [3.63, 3.8) is 0 Å². The summed E-state index contributed by atoms with van der Waals surface area (Å²) in [7, 11) is 0. The molecule has 2 aliphatic rings. The molecule has 0 saturated heterocycles. The lowest BCUT2D eigenvalue weighted by Crippen LogP contribution is -2.48. The second-order valence-electron chi connectivity index (χ2n) is 7.56. The Morgan fingerprint density at radius 2 is 1.90 bits per heavy atom. The third-order valence-corrected chi connectivity index (χ3v) is 5.44. The quantitative estimate of drug-likeness (QED) is 0.834. The number of carbonyl (C=O) groups excluding carboxylic acids is 1. The van der Waals surface area contributed by atoms with Gasteiger partial charge in [0, 0.05) is 18.0 Å². The Morgan fingerprint density at radius 1 is 1.15 bits per heavy atom. The van der Waals surface area contributed by atoms with Crippen LogP contribution in [0.2, 0.25) is 0 Å². The summed E-state index contributed by atoms with van der Waals surface area (Å²) in [5.41, 5.74) is 6.01. The van der Waals surface area contributed by atoms with E-state index in [1.54, 1.807) is 0 Å². The highest BCUT2D eigenvalue weighted by molar-refractivity contribution is 5.79. The topological polar surface area (TPSA) is 55.1 Å². The summed E-state index contributed by atoms with van der Waals surface area (Å²) in [4.78, 5) is 12.5. The Balaban J connectivity index is 1.93. The van der Waals surface area contributed by atoms with Crippen molar-refractivity contribution in [2.45, 2.75) is 77.8 Å². The van der Waals surface area contributed by atoms with Crippen molar-refractivity contribution < 1.29 is 4.79 Å². The van der Waals surface area contributed by atoms with Crippen molar-refractivity contribution in [3.8, 4) is 0 Å². The van der Waals surface area contributed by atoms with E-state index in [4.69, 9.17) is 5.73 Å². The van der Waals surface area contributed by atoms with E-state index in [0.29, 0.717) is 17.9 Å². The molecule has 3 N–H and O–H groups in total. The summed E-state index contributed by atoms with van der Waals surface area (Å²) < 4.78 is 0. The predicted molar refractivity (Wildman–Crippen MR) is 83.2 cm³/mol. The van der Waals surface area contributed by atoms with Crippen LogP contribution in [0, 0.1) is 23.7 Å². The van der Waals surface area contributed by atoms with Gasteiger partial charge in [0.2, 0.25) is 5.91 Å². The van der Waals surface area contributed by atoms with Crippen molar-refractivity contribution in [2.75, 3.05) is 0 Å². The molecule has 20 heavy (non-hydrogen) atoms. The number of amides is 1. The Kier molecular flexibility index (Phi) is 5.48. The SMILES string of the molecule is CC1CCC(C(C)C)C(NC(=O)C2CCCC(N)C2)C1. The summed E-state index contributed by atoms with van der Waals surface area (Å²) >= 11 is 0. The van der Waals surface area contributed by atoms with Gasteiger partial charge in [-0.3, -0.25) is 4.79 Å². The molecule has 5 unspecified atom stereocenters. The standard InChI is InChI=1S/C17H32N2O/c1-11(2)15-8-7-12(3)9-16(15)19-17(20)13-5-4-6-14(18)10-13/h11-16H,4-10,18H2,1-3H3,(H,19,20). The Hall–Kier alpha value is -0.570. The first kappa shape index (κ1) is 15.8. The van der Waals surface area contributed by atoms with E-state index in [2.05, 4.69) is 26.1 Å². The molecule has 0 spiro atoms.